The van der Waals surface area contributed by atoms with E-state index in [0.29, 0.717) is 30.2 Å². The third kappa shape index (κ3) is 6.74. The van der Waals surface area contributed by atoms with Gasteiger partial charge in [-0.1, -0.05) is 48.5 Å². The highest BCUT2D eigenvalue weighted by molar-refractivity contribution is 9.10. The van der Waals surface area contributed by atoms with Crippen LogP contribution in [0.2, 0.25) is 0 Å². The number of rotatable bonds is 9. The molecule has 0 fully saturated rings. The molecule has 0 unspecified atom stereocenters. The van der Waals surface area contributed by atoms with Crippen molar-refractivity contribution in [3.05, 3.63) is 93.7 Å². The highest BCUT2D eigenvalue weighted by Gasteiger charge is 2.13. The smallest absolute Gasteiger partial charge is 0.175 e. The molecule has 3 nitrogen and oxygen atoms in total. The highest BCUT2D eigenvalue weighted by atomic mass is 79.9. The molecule has 0 saturated carbocycles. The molecule has 0 atom stereocenters. The summed E-state index contributed by atoms with van der Waals surface area (Å²) in [5.41, 5.74) is 2.81. The van der Waals surface area contributed by atoms with E-state index in [2.05, 4.69) is 33.4 Å². The number of ether oxygens (including phenoxy) is 2. The standard InChI is InChI=1S/C23H23BrFNO2.ClH/c1-2-27-22-13-18(15-26-14-17-8-4-3-5-9-17)12-20(24)23(22)28-16-19-10-6-7-11-21(19)25;/h3-13,26H,2,14-16H2,1H3;1H. The van der Waals surface area contributed by atoms with Crippen LogP contribution in [0.5, 0.6) is 11.5 Å². The van der Waals surface area contributed by atoms with Gasteiger partial charge in [-0.15, -0.1) is 12.4 Å². The second-order valence-corrected chi connectivity index (χ2v) is 7.16. The predicted molar refractivity (Wildman–Crippen MR) is 120 cm³/mol. The van der Waals surface area contributed by atoms with Crippen LogP contribution in [0.4, 0.5) is 4.39 Å². The van der Waals surface area contributed by atoms with Crippen molar-refractivity contribution >= 4 is 28.3 Å². The van der Waals surface area contributed by atoms with Crippen molar-refractivity contribution in [3.8, 4) is 11.5 Å². The molecule has 3 rings (SSSR count). The summed E-state index contributed by atoms with van der Waals surface area (Å²) >= 11 is 3.57. The van der Waals surface area contributed by atoms with Gasteiger partial charge in [-0.25, -0.2) is 4.39 Å². The molecule has 154 valence electrons. The first-order valence-corrected chi connectivity index (χ1v) is 10.0. The van der Waals surface area contributed by atoms with E-state index >= 15 is 0 Å². The monoisotopic (exact) mass is 479 g/mol. The van der Waals surface area contributed by atoms with Gasteiger partial charge < -0.3 is 14.8 Å². The Kier molecular flexibility index (Phi) is 9.45. The fraction of sp³-hybridized carbons (Fsp3) is 0.217. The van der Waals surface area contributed by atoms with Gasteiger partial charge in [0, 0.05) is 18.7 Å². The first-order valence-electron chi connectivity index (χ1n) is 9.23. The van der Waals surface area contributed by atoms with Crippen molar-refractivity contribution in [2.75, 3.05) is 6.61 Å². The lowest BCUT2D eigenvalue weighted by molar-refractivity contribution is 0.264. The van der Waals surface area contributed by atoms with Crippen LogP contribution >= 0.6 is 28.3 Å². The van der Waals surface area contributed by atoms with Crippen molar-refractivity contribution in [1.29, 1.82) is 0 Å². The lowest BCUT2D eigenvalue weighted by Gasteiger charge is -2.16. The second-order valence-electron chi connectivity index (χ2n) is 6.31. The Bertz CT molecular complexity index is 909. The Balaban J connectivity index is 0.00000300. The molecule has 0 aromatic heterocycles. The molecule has 29 heavy (non-hydrogen) atoms. The number of nitrogens with one attached hydrogen (secondary N) is 1. The molecule has 0 radical (unpaired) electrons. The zero-order chi connectivity index (χ0) is 19.8. The van der Waals surface area contributed by atoms with Crippen LogP contribution < -0.4 is 14.8 Å². The maximum Gasteiger partial charge on any atom is 0.175 e. The molecule has 0 amide bonds. The maximum absolute atomic E-state index is 13.9. The minimum absolute atomic E-state index is 0. The van der Waals surface area contributed by atoms with E-state index in [0.717, 1.165) is 16.6 Å². The summed E-state index contributed by atoms with van der Waals surface area (Å²) in [5.74, 6) is 0.944. The van der Waals surface area contributed by atoms with E-state index < -0.39 is 0 Å². The molecular weight excluding hydrogens is 457 g/mol. The summed E-state index contributed by atoms with van der Waals surface area (Å²) in [4.78, 5) is 0. The molecule has 0 aliphatic rings. The van der Waals surface area contributed by atoms with Gasteiger partial charge in [0.2, 0.25) is 0 Å². The van der Waals surface area contributed by atoms with Crippen LogP contribution in [0, 0.1) is 5.82 Å². The third-order valence-corrected chi connectivity index (χ3v) is 4.79. The number of hydrogen-bond acceptors (Lipinski definition) is 3. The molecular formula is C23H24BrClFNO2. The van der Waals surface area contributed by atoms with E-state index in [1.165, 1.54) is 11.6 Å². The molecule has 0 spiro atoms. The van der Waals surface area contributed by atoms with Gasteiger partial charge in [-0.05, 0) is 52.2 Å². The fourth-order valence-corrected chi connectivity index (χ4v) is 3.44. The molecule has 0 bridgehead atoms. The van der Waals surface area contributed by atoms with Gasteiger partial charge in [0.25, 0.3) is 0 Å². The molecule has 6 heteroatoms. The summed E-state index contributed by atoms with van der Waals surface area (Å²) in [6, 6.07) is 20.8. The quantitative estimate of drug-likeness (QED) is 0.391. The molecule has 1 N–H and O–H groups in total. The topological polar surface area (TPSA) is 30.5 Å². The van der Waals surface area contributed by atoms with E-state index in [4.69, 9.17) is 9.47 Å². The Morgan fingerprint density at radius 1 is 0.897 bits per heavy atom. The molecule has 3 aromatic carbocycles. The first kappa shape index (κ1) is 23.2. The maximum atomic E-state index is 13.9. The van der Waals surface area contributed by atoms with Crippen LogP contribution in [0.3, 0.4) is 0 Å². The SMILES string of the molecule is CCOc1cc(CNCc2ccccc2)cc(Br)c1OCc1ccccc1F.Cl. The van der Waals surface area contributed by atoms with E-state index in [-0.39, 0.29) is 24.8 Å². The van der Waals surface area contributed by atoms with Gasteiger partial charge in [-0.3, -0.25) is 0 Å². The van der Waals surface area contributed by atoms with Crippen molar-refractivity contribution in [3.63, 3.8) is 0 Å². The average Bonchev–Trinajstić information content (AvgIpc) is 2.70. The second kappa shape index (κ2) is 11.8. The fourth-order valence-electron chi connectivity index (χ4n) is 2.84. The van der Waals surface area contributed by atoms with Gasteiger partial charge >= 0.3 is 0 Å². The Labute approximate surface area is 185 Å². The number of benzene rings is 3. The van der Waals surface area contributed by atoms with Crippen LogP contribution in [0.15, 0.2) is 71.2 Å². The summed E-state index contributed by atoms with van der Waals surface area (Å²) in [6.45, 7) is 4.06. The first-order chi connectivity index (χ1) is 13.7. The summed E-state index contributed by atoms with van der Waals surface area (Å²) in [7, 11) is 0. The minimum atomic E-state index is -0.279. The molecule has 0 saturated heterocycles. The van der Waals surface area contributed by atoms with E-state index in [1.54, 1.807) is 18.2 Å². The molecule has 3 aromatic rings. The average molecular weight is 481 g/mol. The van der Waals surface area contributed by atoms with Crippen LogP contribution in [-0.4, -0.2) is 6.61 Å². The molecule has 0 heterocycles. The Morgan fingerprint density at radius 2 is 1.59 bits per heavy atom. The van der Waals surface area contributed by atoms with Gasteiger partial charge in [0.1, 0.15) is 12.4 Å². The van der Waals surface area contributed by atoms with Crippen LogP contribution in [-0.2, 0) is 19.7 Å². The van der Waals surface area contributed by atoms with Crippen molar-refractivity contribution < 1.29 is 13.9 Å². The molecule has 0 aliphatic carbocycles. The normalized spacial score (nSPS) is 10.3. The number of hydrogen-bond donors (Lipinski definition) is 1. The molecule has 0 aliphatic heterocycles. The predicted octanol–water partition coefficient (Wildman–Crippen LogP) is 6.28. The summed E-state index contributed by atoms with van der Waals surface area (Å²) in [6.07, 6.45) is 0. The van der Waals surface area contributed by atoms with E-state index in [1.807, 2.05) is 37.3 Å². The van der Waals surface area contributed by atoms with Crippen LogP contribution in [0.25, 0.3) is 0 Å². The van der Waals surface area contributed by atoms with Crippen LogP contribution in [0.1, 0.15) is 23.6 Å². The lowest BCUT2D eigenvalue weighted by Crippen LogP contribution is -2.13. The van der Waals surface area contributed by atoms with Gasteiger partial charge in [0.15, 0.2) is 11.5 Å². The third-order valence-electron chi connectivity index (χ3n) is 4.20. The lowest BCUT2D eigenvalue weighted by atomic mass is 10.1. The Morgan fingerprint density at radius 3 is 2.31 bits per heavy atom. The highest BCUT2D eigenvalue weighted by Crippen LogP contribution is 2.37. The van der Waals surface area contributed by atoms with Crippen molar-refractivity contribution in [2.45, 2.75) is 26.6 Å². The summed E-state index contributed by atoms with van der Waals surface area (Å²) in [5, 5.41) is 3.43. The Hall–Kier alpha value is -2.08. The van der Waals surface area contributed by atoms with Crippen molar-refractivity contribution in [1.82, 2.24) is 5.32 Å². The largest absolute Gasteiger partial charge is 0.490 e. The van der Waals surface area contributed by atoms with Crippen molar-refractivity contribution in [2.24, 2.45) is 0 Å². The zero-order valence-corrected chi connectivity index (χ0v) is 18.6. The minimum Gasteiger partial charge on any atom is -0.490 e. The van der Waals surface area contributed by atoms with Gasteiger partial charge in [-0.2, -0.15) is 0 Å². The summed E-state index contributed by atoms with van der Waals surface area (Å²) < 4.78 is 26.3. The zero-order valence-electron chi connectivity index (χ0n) is 16.2. The van der Waals surface area contributed by atoms with E-state index in [9.17, 15) is 4.39 Å². The number of halogens is 3. The van der Waals surface area contributed by atoms with Gasteiger partial charge in [0.05, 0.1) is 11.1 Å².